The van der Waals surface area contributed by atoms with E-state index in [1.807, 2.05) is 6.92 Å². The van der Waals surface area contributed by atoms with Gasteiger partial charge in [0.15, 0.2) is 0 Å². The van der Waals surface area contributed by atoms with E-state index in [0.29, 0.717) is 12.1 Å². The minimum absolute atomic E-state index is 0.243. The van der Waals surface area contributed by atoms with E-state index in [-0.39, 0.29) is 6.42 Å². The zero-order valence-corrected chi connectivity index (χ0v) is 4.79. The summed E-state index contributed by atoms with van der Waals surface area (Å²) >= 11 is 0. The molecule has 0 aliphatic heterocycles. The zero-order valence-electron chi connectivity index (χ0n) is 4.79. The van der Waals surface area contributed by atoms with Crippen LogP contribution in [-0.2, 0) is 4.79 Å². The lowest BCUT2D eigenvalue weighted by Crippen LogP contribution is -1.95. The van der Waals surface area contributed by atoms with Gasteiger partial charge in [-0.2, -0.15) is 0 Å². The van der Waals surface area contributed by atoms with Crippen molar-refractivity contribution in [2.45, 2.75) is 19.8 Å². The van der Waals surface area contributed by atoms with Crippen LogP contribution in [0, 0.1) is 0 Å². The average molecular weight is 115 g/mol. The molecule has 0 atom stereocenters. The molecule has 0 rings (SSSR count). The maximum absolute atomic E-state index is 9.74. The predicted molar refractivity (Wildman–Crippen MR) is 30.2 cm³/mol. The molecule has 0 unspecified atom stereocenters. The highest BCUT2D eigenvalue weighted by molar-refractivity contribution is 5.93. The summed E-state index contributed by atoms with van der Waals surface area (Å²) in [4.78, 5) is 9.74. The second-order valence-corrected chi connectivity index (χ2v) is 1.39. The molecule has 8 heavy (non-hydrogen) atoms. The maximum atomic E-state index is 9.74. The third kappa shape index (κ3) is 2.34. The number of hydrogen-bond donors (Lipinski definition) is 1. The van der Waals surface area contributed by atoms with Crippen LogP contribution in [0.1, 0.15) is 19.8 Å². The van der Waals surface area contributed by atoms with Gasteiger partial charge in [0, 0.05) is 6.42 Å². The van der Waals surface area contributed by atoms with E-state index >= 15 is 0 Å². The van der Waals surface area contributed by atoms with Crippen LogP contribution in [0.2, 0.25) is 0 Å². The molecule has 0 saturated heterocycles. The van der Waals surface area contributed by atoms with Gasteiger partial charge in [-0.3, -0.25) is 0 Å². The topological polar surface area (TPSA) is 49.7 Å². The highest BCUT2D eigenvalue weighted by Crippen LogP contribution is 1.86. The molecule has 0 heterocycles. The Labute approximate surface area is 48.0 Å². The van der Waals surface area contributed by atoms with Crippen LogP contribution in [-0.4, -0.2) is 17.2 Å². The number of nitrogens with zero attached hydrogens (tertiary/aromatic N) is 1. The molecule has 0 aromatic heterocycles. The highest BCUT2D eigenvalue weighted by Gasteiger charge is 1.91. The normalized spacial score (nSPS) is 11.4. The van der Waals surface area contributed by atoms with E-state index < -0.39 is 0 Å². The fourth-order valence-corrected chi connectivity index (χ4v) is 0.352. The van der Waals surface area contributed by atoms with Crippen LogP contribution >= 0.6 is 0 Å². The van der Waals surface area contributed by atoms with Crippen molar-refractivity contribution in [3.63, 3.8) is 0 Å². The molecule has 3 nitrogen and oxygen atoms in total. The third-order valence-electron chi connectivity index (χ3n) is 0.868. The number of hydrogen-bond acceptors (Lipinski definition) is 3. The first-order valence-electron chi connectivity index (χ1n) is 2.48. The maximum Gasteiger partial charge on any atom is 0.125 e. The van der Waals surface area contributed by atoms with E-state index in [0.717, 1.165) is 6.29 Å². The largest absolute Gasteiger partial charge is 0.411 e. The summed E-state index contributed by atoms with van der Waals surface area (Å²) in [5.41, 5.74) is 0.528. The van der Waals surface area contributed by atoms with E-state index in [4.69, 9.17) is 5.21 Å². The lowest BCUT2D eigenvalue weighted by atomic mass is 10.2. The molecule has 0 bridgehead atoms. The standard InChI is InChI=1S/C5H9NO2/c1-2-5(6-8)3-4-7/h4,8H,2-3H2,1H3. The van der Waals surface area contributed by atoms with Gasteiger partial charge in [-0.05, 0) is 6.42 Å². The van der Waals surface area contributed by atoms with Crippen LogP contribution in [0.25, 0.3) is 0 Å². The Balaban J connectivity index is 3.53. The first-order valence-corrected chi connectivity index (χ1v) is 2.48. The minimum atomic E-state index is 0.243. The SMILES string of the molecule is CCC(CC=O)=NO. The van der Waals surface area contributed by atoms with Gasteiger partial charge in [-0.1, -0.05) is 12.1 Å². The summed E-state index contributed by atoms with van der Waals surface area (Å²) in [5, 5.41) is 11.0. The fourth-order valence-electron chi connectivity index (χ4n) is 0.352. The van der Waals surface area contributed by atoms with Crippen LogP contribution in [0.3, 0.4) is 0 Å². The number of carbonyl (C=O) groups excluding carboxylic acids is 1. The van der Waals surface area contributed by atoms with Crippen molar-refractivity contribution < 1.29 is 10.0 Å². The fraction of sp³-hybridized carbons (Fsp3) is 0.600. The van der Waals surface area contributed by atoms with Gasteiger partial charge in [-0.25, -0.2) is 0 Å². The molecule has 0 aromatic carbocycles. The number of aldehydes is 1. The van der Waals surface area contributed by atoms with Crippen molar-refractivity contribution in [3.8, 4) is 0 Å². The lowest BCUT2D eigenvalue weighted by molar-refractivity contribution is -0.106. The van der Waals surface area contributed by atoms with Crippen LogP contribution in [0.15, 0.2) is 5.16 Å². The van der Waals surface area contributed by atoms with E-state index in [2.05, 4.69) is 5.16 Å². The highest BCUT2D eigenvalue weighted by atomic mass is 16.4. The molecule has 0 aliphatic rings. The summed E-state index contributed by atoms with van der Waals surface area (Å²) in [6.07, 6.45) is 1.60. The van der Waals surface area contributed by atoms with Gasteiger partial charge in [0.25, 0.3) is 0 Å². The Hall–Kier alpha value is -0.860. The van der Waals surface area contributed by atoms with Gasteiger partial charge < -0.3 is 10.0 Å². The zero-order chi connectivity index (χ0) is 6.41. The summed E-state index contributed by atoms with van der Waals surface area (Å²) < 4.78 is 0. The summed E-state index contributed by atoms with van der Waals surface area (Å²) in [6.45, 7) is 1.83. The molecule has 46 valence electrons. The molecular weight excluding hydrogens is 106 g/mol. The predicted octanol–water partition coefficient (Wildman–Crippen LogP) is 0.816. The Kier molecular flexibility index (Phi) is 3.84. The first-order chi connectivity index (χ1) is 3.85. The molecule has 0 saturated carbocycles. The van der Waals surface area contributed by atoms with Gasteiger partial charge in [0.05, 0.1) is 5.71 Å². The summed E-state index contributed by atoms with van der Waals surface area (Å²) in [6, 6.07) is 0. The minimum Gasteiger partial charge on any atom is -0.411 e. The Morgan fingerprint density at radius 3 is 2.62 bits per heavy atom. The van der Waals surface area contributed by atoms with Crippen molar-refractivity contribution in [1.29, 1.82) is 0 Å². The van der Waals surface area contributed by atoms with Crippen molar-refractivity contribution in [3.05, 3.63) is 0 Å². The van der Waals surface area contributed by atoms with Gasteiger partial charge in [0.1, 0.15) is 6.29 Å². The van der Waals surface area contributed by atoms with Crippen LogP contribution in [0.4, 0.5) is 0 Å². The van der Waals surface area contributed by atoms with E-state index in [9.17, 15) is 4.79 Å². The average Bonchev–Trinajstić information content (AvgIpc) is 1.83. The van der Waals surface area contributed by atoms with Crippen molar-refractivity contribution in [2.24, 2.45) is 5.16 Å². The Morgan fingerprint density at radius 1 is 1.88 bits per heavy atom. The third-order valence-corrected chi connectivity index (χ3v) is 0.868. The molecule has 0 aromatic rings. The Morgan fingerprint density at radius 2 is 2.50 bits per heavy atom. The second kappa shape index (κ2) is 4.30. The van der Waals surface area contributed by atoms with Crippen molar-refractivity contribution in [2.75, 3.05) is 0 Å². The first kappa shape index (κ1) is 7.14. The Bertz CT molecular complexity index is 98.6. The van der Waals surface area contributed by atoms with Crippen molar-refractivity contribution >= 4 is 12.0 Å². The lowest BCUT2D eigenvalue weighted by Gasteiger charge is -1.89. The molecule has 0 amide bonds. The molecule has 0 spiro atoms. The smallest absolute Gasteiger partial charge is 0.125 e. The van der Waals surface area contributed by atoms with E-state index in [1.165, 1.54) is 0 Å². The molecular formula is C5H9NO2. The second-order valence-electron chi connectivity index (χ2n) is 1.39. The number of rotatable bonds is 3. The number of carbonyl (C=O) groups is 1. The van der Waals surface area contributed by atoms with Crippen molar-refractivity contribution in [1.82, 2.24) is 0 Å². The molecule has 0 fully saturated rings. The summed E-state index contributed by atoms with van der Waals surface area (Å²) in [7, 11) is 0. The van der Waals surface area contributed by atoms with E-state index in [1.54, 1.807) is 0 Å². The quantitative estimate of drug-likeness (QED) is 0.256. The molecule has 3 heteroatoms. The van der Waals surface area contributed by atoms with Gasteiger partial charge in [-0.15, -0.1) is 0 Å². The molecule has 0 aliphatic carbocycles. The molecule has 0 radical (unpaired) electrons. The van der Waals surface area contributed by atoms with Crippen LogP contribution in [0.5, 0.6) is 0 Å². The summed E-state index contributed by atoms with van der Waals surface area (Å²) in [5.74, 6) is 0. The van der Waals surface area contributed by atoms with Crippen LogP contribution < -0.4 is 0 Å². The number of oxime groups is 1. The molecule has 1 N–H and O–H groups in total. The van der Waals surface area contributed by atoms with Gasteiger partial charge >= 0.3 is 0 Å². The van der Waals surface area contributed by atoms with Gasteiger partial charge in [0.2, 0.25) is 0 Å². The monoisotopic (exact) mass is 115 g/mol.